The Labute approximate surface area is 91.9 Å². The molecular weight excluding hydrogens is 190 g/mol. The summed E-state index contributed by atoms with van der Waals surface area (Å²) in [5, 5.41) is 2.90. The molecule has 1 rings (SSSR count). The van der Waals surface area contributed by atoms with Crippen LogP contribution >= 0.6 is 0 Å². The van der Waals surface area contributed by atoms with E-state index in [-0.39, 0.29) is 6.03 Å². The summed E-state index contributed by atoms with van der Waals surface area (Å²) in [6.45, 7) is 11.0. The van der Waals surface area contributed by atoms with Crippen molar-refractivity contribution in [3.05, 3.63) is 12.7 Å². The van der Waals surface area contributed by atoms with Crippen LogP contribution < -0.4 is 5.32 Å². The highest BCUT2D eigenvalue weighted by atomic mass is 16.2. The molecule has 0 aromatic heterocycles. The molecule has 0 aromatic carbocycles. The molecule has 0 aromatic rings. The first-order chi connectivity index (χ1) is 7.27. The summed E-state index contributed by atoms with van der Waals surface area (Å²) < 4.78 is 0. The minimum absolute atomic E-state index is 0.0788. The van der Waals surface area contributed by atoms with Crippen molar-refractivity contribution in [3.8, 4) is 0 Å². The number of piperazine rings is 1. The molecule has 0 unspecified atom stereocenters. The fraction of sp³-hybridized carbons (Fsp3) is 0.727. The molecule has 2 amide bonds. The average molecular weight is 211 g/mol. The molecule has 1 aliphatic heterocycles. The molecule has 1 saturated heterocycles. The Balaban J connectivity index is 2.24. The summed E-state index contributed by atoms with van der Waals surface area (Å²) in [7, 11) is 0. The maximum absolute atomic E-state index is 11.6. The van der Waals surface area contributed by atoms with Crippen LogP contribution in [0, 0.1) is 0 Å². The summed E-state index contributed by atoms with van der Waals surface area (Å²) in [4.78, 5) is 15.8. The largest absolute Gasteiger partial charge is 0.338 e. The van der Waals surface area contributed by atoms with Crippen LogP contribution in [0.1, 0.15) is 13.3 Å². The van der Waals surface area contributed by atoms with Crippen molar-refractivity contribution in [2.45, 2.75) is 13.3 Å². The van der Waals surface area contributed by atoms with Crippen molar-refractivity contribution in [3.63, 3.8) is 0 Å². The van der Waals surface area contributed by atoms with E-state index in [0.717, 1.165) is 45.7 Å². The summed E-state index contributed by atoms with van der Waals surface area (Å²) in [5.41, 5.74) is 0. The first-order valence-electron chi connectivity index (χ1n) is 5.64. The fourth-order valence-electron chi connectivity index (χ4n) is 1.66. The van der Waals surface area contributed by atoms with E-state index in [4.69, 9.17) is 0 Å². The van der Waals surface area contributed by atoms with E-state index >= 15 is 0 Å². The second-order valence-corrected chi connectivity index (χ2v) is 3.81. The lowest BCUT2D eigenvalue weighted by Gasteiger charge is -2.34. The van der Waals surface area contributed by atoms with Crippen LogP contribution in [-0.2, 0) is 0 Å². The molecule has 0 radical (unpaired) electrons. The third-order valence-electron chi connectivity index (χ3n) is 2.57. The van der Waals surface area contributed by atoms with Crippen LogP contribution in [0.3, 0.4) is 0 Å². The molecule has 4 heteroatoms. The second-order valence-electron chi connectivity index (χ2n) is 3.81. The Morgan fingerprint density at radius 1 is 1.40 bits per heavy atom. The molecule has 1 N–H and O–H groups in total. The van der Waals surface area contributed by atoms with E-state index in [1.165, 1.54) is 0 Å². The Bertz CT molecular complexity index is 210. The quantitative estimate of drug-likeness (QED) is 0.702. The highest BCUT2D eigenvalue weighted by Crippen LogP contribution is 2.01. The molecular formula is C11H21N3O. The summed E-state index contributed by atoms with van der Waals surface area (Å²) in [5.74, 6) is 0. The normalized spacial score (nSPS) is 17.5. The maximum atomic E-state index is 11.6. The monoisotopic (exact) mass is 211 g/mol. The van der Waals surface area contributed by atoms with Crippen molar-refractivity contribution in [1.29, 1.82) is 0 Å². The number of nitrogens with zero attached hydrogens (tertiary/aromatic N) is 2. The number of hydrogen-bond donors (Lipinski definition) is 1. The third-order valence-corrected chi connectivity index (χ3v) is 2.57. The highest BCUT2D eigenvalue weighted by Gasteiger charge is 2.19. The molecule has 0 saturated carbocycles. The molecule has 86 valence electrons. The zero-order valence-electron chi connectivity index (χ0n) is 9.54. The van der Waals surface area contributed by atoms with Gasteiger partial charge in [0, 0.05) is 39.3 Å². The van der Waals surface area contributed by atoms with Crippen molar-refractivity contribution in [1.82, 2.24) is 15.1 Å². The SMILES string of the molecule is C=CCN1CCN(C(=O)NCCC)CC1. The lowest BCUT2D eigenvalue weighted by molar-refractivity contribution is 0.147. The molecule has 4 nitrogen and oxygen atoms in total. The van der Waals surface area contributed by atoms with E-state index in [1.54, 1.807) is 0 Å². The Hall–Kier alpha value is -1.03. The van der Waals surface area contributed by atoms with Gasteiger partial charge in [0.15, 0.2) is 0 Å². The highest BCUT2D eigenvalue weighted by molar-refractivity contribution is 5.74. The minimum atomic E-state index is 0.0788. The number of urea groups is 1. The van der Waals surface area contributed by atoms with Crippen LogP contribution in [-0.4, -0.2) is 55.1 Å². The fourth-order valence-corrected chi connectivity index (χ4v) is 1.66. The van der Waals surface area contributed by atoms with Gasteiger partial charge in [0.1, 0.15) is 0 Å². The van der Waals surface area contributed by atoms with Crippen LogP contribution in [0.25, 0.3) is 0 Å². The van der Waals surface area contributed by atoms with E-state index in [1.807, 2.05) is 11.0 Å². The van der Waals surface area contributed by atoms with Gasteiger partial charge in [0.2, 0.25) is 0 Å². The van der Waals surface area contributed by atoms with E-state index in [2.05, 4.69) is 23.7 Å². The number of amides is 2. The van der Waals surface area contributed by atoms with Crippen molar-refractivity contribution >= 4 is 6.03 Å². The zero-order chi connectivity index (χ0) is 11.1. The predicted octanol–water partition coefficient (Wildman–Crippen LogP) is 0.910. The van der Waals surface area contributed by atoms with Gasteiger partial charge in [-0.1, -0.05) is 13.0 Å². The first kappa shape index (κ1) is 12.0. The van der Waals surface area contributed by atoms with Crippen LogP contribution in [0.2, 0.25) is 0 Å². The van der Waals surface area contributed by atoms with E-state index in [9.17, 15) is 4.79 Å². The van der Waals surface area contributed by atoms with Gasteiger partial charge in [-0.3, -0.25) is 4.90 Å². The van der Waals surface area contributed by atoms with Gasteiger partial charge in [-0.2, -0.15) is 0 Å². The molecule has 0 bridgehead atoms. The first-order valence-corrected chi connectivity index (χ1v) is 5.64. The van der Waals surface area contributed by atoms with Crippen molar-refractivity contribution in [2.24, 2.45) is 0 Å². The van der Waals surface area contributed by atoms with Crippen molar-refractivity contribution < 1.29 is 4.79 Å². The Morgan fingerprint density at radius 2 is 2.07 bits per heavy atom. The second kappa shape index (κ2) is 6.45. The maximum Gasteiger partial charge on any atom is 0.317 e. The molecule has 0 atom stereocenters. The smallest absolute Gasteiger partial charge is 0.317 e. The predicted molar refractivity (Wildman–Crippen MR) is 61.9 cm³/mol. The molecule has 0 spiro atoms. The van der Waals surface area contributed by atoms with Gasteiger partial charge in [0.05, 0.1) is 0 Å². The van der Waals surface area contributed by atoms with E-state index in [0.29, 0.717) is 0 Å². The molecule has 1 fully saturated rings. The number of nitrogens with one attached hydrogen (secondary N) is 1. The summed E-state index contributed by atoms with van der Waals surface area (Å²) in [6, 6.07) is 0.0788. The van der Waals surface area contributed by atoms with Crippen LogP contribution in [0.15, 0.2) is 12.7 Å². The van der Waals surface area contributed by atoms with Gasteiger partial charge in [-0.15, -0.1) is 6.58 Å². The molecule has 1 aliphatic rings. The zero-order valence-corrected chi connectivity index (χ0v) is 9.54. The van der Waals surface area contributed by atoms with Crippen LogP contribution in [0.5, 0.6) is 0 Å². The summed E-state index contributed by atoms with van der Waals surface area (Å²) >= 11 is 0. The van der Waals surface area contributed by atoms with Crippen LogP contribution in [0.4, 0.5) is 4.79 Å². The van der Waals surface area contributed by atoms with E-state index < -0.39 is 0 Å². The number of carbonyl (C=O) groups excluding carboxylic acids is 1. The number of rotatable bonds is 4. The summed E-state index contributed by atoms with van der Waals surface area (Å²) in [6.07, 6.45) is 2.90. The van der Waals surface area contributed by atoms with Gasteiger partial charge in [-0.25, -0.2) is 4.79 Å². The van der Waals surface area contributed by atoms with Gasteiger partial charge < -0.3 is 10.2 Å². The topological polar surface area (TPSA) is 35.6 Å². The Morgan fingerprint density at radius 3 is 2.60 bits per heavy atom. The number of hydrogen-bond acceptors (Lipinski definition) is 2. The van der Waals surface area contributed by atoms with Gasteiger partial charge in [0.25, 0.3) is 0 Å². The van der Waals surface area contributed by atoms with Crippen molar-refractivity contribution in [2.75, 3.05) is 39.3 Å². The third kappa shape index (κ3) is 3.91. The lowest BCUT2D eigenvalue weighted by atomic mass is 10.3. The van der Waals surface area contributed by atoms with Gasteiger partial charge >= 0.3 is 6.03 Å². The molecule has 0 aliphatic carbocycles. The lowest BCUT2D eigenvalue weighted by Crippen LogP contribution is -2.51. The molecule has 1 heterocycles. The number of carbonyl (C=O) groups is 1. The average Bonchev–Trinajstić information content (AvgIpc) is 2.27. The standard InChI is InChI=1S/C11H21N3O/c1-3-5-12-11(15)14-9-7-13(6-4-2)8-10-14/h4H,2-3,5-10H2,1H3,(H,12,15). The Kier molecular flexibility index (Phi) is 5.18. The van der Waals surface area contributed by atoms with Gasteiger partial charge in [-0.05, 0) is 6.42 Å². The molecule has 15 heavy (non-hydrogen) atoms. The minimum Gasteiger partial charge on any atom is -0.338 e.